The van der Waals surface area contributed by atoms with Crippen molar-refractivity contribution in [1.82, 2.24) is 9.97 Å². The second kappa shape index (κ2) is 5.91. The molecule has 0 saturated carbocycles. The first kappa shape index (κ1) is 13.0. The quantitative estimate of drug-likeness (QED) is 0.825. The Labute approximate surface area is 107 Å². The number of carbonyl (C=O) groups is 1. The fraction of sp³-hybridized carbons (Fsp3) is 0.615. The molecule has 0 aliphatic carbocycles. The van der Waals surface area contributed by atoms with Gasteiger partial charge in [0, 0.05) is 19.3 Å². The first-order chi connectivity index (χ1) is 8.66. The summed E-state index contributed by atoms with van der Waals surface area (Å²) in [5.41, 5.74) is 1.31. The van der Waals surface area contributed by atoms with E-state index in [0.717, 1.165) is 31.9 Å². The molecule has 0 aromatic carbocycles. The Morgan fingerprint density at radius 1 is 1.61 bits per heavy atom. The van der Waals surface area contributed by atoms with Crippen molar-refractivity contribution in [1.29, 1.82) is 0 Å². The number of rotatable bonds is 4. The normalized spacial score (nSPS) is 19.6. The summed E-state index contributed by atoms with van der Waals surface area (Å²) in [5, 5.41) is 3.21. The van der Waals surface area contributed by atoms with Crippen LogP contribution >= 0.6 is 0 Å². The van der Waals surface area contributed by atoms with E-state index < -0.39 is 0 Å². The van der Waals surface area contributed by atoms with Crippen LogP contribution in [0.3, 0.4) is 0 Å². The van der Waals surface area contributed by atoms with Gasteiger partial charge >= 0.3 is 0 Å². The zero-order chi connectivity index (χ0) is 13.0. The molecule has 0 spiro atoms. The summed E-state index contributed by atoms with van der Waals surface area (Å²) in [4.78, 5) is 19.7. The van der Waals surface area contributed by atoms with Gasteiger partial charge in [0.15, 0.2) is 5.78 Å². The van der Waals surface area contributed by atoms with Crippen LogP contribution in [0.25, 0.3) is 0 Å². The Balaban J connectivity index is 1.93. The van der Waals surface area contributed by atoms with Crippen molar-refractivity contribution in [3.05, 3.63) is 17.5 Å². The van der Waals surface area contributed by atoms with E-state index >= 15 is 0 Å². The summed E-state index contributed by atoms with van der Waals surface area (Å²) >= 11 is 0. The molecule has 0 radical (unpaired) electrons. The van der Waals surface area contributed by atoms with Gasteiger partial charge in [0.2, 0.25) is 5.95 Å². The Bertz CT molecular complexity index is 428. The number of nitrogens with zero attached hydrogens (tertiary/aromatic N) is 2. The van der Waals surface area contributed by atoms with E-state index in [1.54, 1.807) is 6.20 Å². The molecule has 0 bridgehead atoms. The molecule has 1 aromatic heterocycles. The first-order valence-electron chi connectivity index (χ1n) is 6.33. The Kier molecular flexibility index (Phi) is 4.25. The number of nitrogens with one attached hydrogen (secondary N) is 1. The Morgan fingerprint density at radius 3 is 3.06 bits per heavy atom. The summed E-state index contributed by atoms with van der Waals surface area (Å²) in [6, 6.07) is 0. The third kappa shape index (κ3) is 3.26. The molecule has 1 atom stereocenters. The lowest BCUT2D eigenvalue weighted by Gasteiger charge is -2.22. The van der Waals surface area contributed by atoms with E-state index in [2.05, 4.69) is 15.3 Å². The number of hydrogen-bond donors (Lipinski definition) is 1. The van der Waals surface area contributed by atoms with Gasteiger partial charge in [-0.05, 0) is 32.6 Å². The number of hydrogen-bond acceptors (Lipinski definition) is 5. The van der Waals surface area contributed by atoms with Gasteiger partial charge in [-0.3, -0.25) is 4.79 Å². The highest BCUT2D eigenvalue weighted by atomic mass is 16.5. The predicted octanol–water partition coefficient (Wildman–Crippen LogP) is 1.83. The highest BCUT2D eigenvalue weighted by Crippen LogP contribution is 2.14. The molecule has 1 N–H and O–H groups in total. The first-order valence-corrected chi connectivity index (χ1v) is 6.33. The minimum atomic E-state index is -0.000250. The lowest BCUT2D eigenvalue weighted by atomic mass is 10.0. The zero-order valence-corrected chi connectivity index (χ0v) is 10.9. The summed E-state index contributed by atoms with van der Waals surface area (Å²) in [5.74, 6) is 1.11. The van der Waals surface area contributed by atoms with E-state index in [0.29, 0.717) is 17.4 Å². The second-order valence-electron chi connectivity index (χ2n) is 4.71. The van der Waals surface area contributed by atoms with Gasteiger partial charge < -0.3 is 10.1 Å². The van der Waals surface area contributed by atoms with Crippen LogP contribution in [-0.2, 0) is 4.74 Å². The summed E-state index contributed by atoms with van der Waals surface area (Å²) in [6.45, 7) is 5.85. The minimum Gasteiger partial charge on any atom is -0.381 e. The molecular weight excluding hydrogens is 230 g/mol. The average molecular weight is 249 g/mol. The molecule has 98 valence electrons. The lowest BCUT2D eigenvalue weighted by Crippen LogP contribution is -2.25. The number of anilines is 1. The molecule has 2 heterocycles. The van der Waals surface area contributed by atoms with Crippen LogP contribution in [0, 0.1) is 12.8 Å². The largest absolute Gasteiger partial charge is 0.381 e. The molecule has 5 heteroatoms. The van der Waals surface area contributed by atoms with Crippen LogP contribution in [0.15, 0.2) is 6.20 Å². The lowest BCUT2D eigenvalue weighted by molar-refractivity contribution is 0.0594. The molecule has 0 amide bonds. The SMILES string of the molecule is CC(=O)c1cnc(NCC2CCCOC2)nc1C. The van der Waals surface area contributed by atoms with Crippen molar-refractivity contribution in [3.63, 3.8) is 0 Å². The fourth-order valence-electron chi connectivity index (χ4n) is 2.10. The minimum absolute atomic E-state index is 0.000250. The maximum absolute atomic E-state index is 11.3. The molecule has 2 rings (SSSR count). The number of carbonyl (C=O) groups excluding carboxylic acids is 1. The van der Waals surface area contributed by atoms with Crippen LogP contribution in [0.2, 0.25) is 0 Å². The molecule has 1 saturated heterocycles. The summed E-state index contributed by atoms with van der Waals surface area (Å²) < 4.78 is 5.42. The highest BCUT2D eigenvalue weighted by molar-refractivity contribution is 5.94. The maximum Gasteiger partial charge on any atom is 0.222 e. The van der Waals surface area contributed by atoms with Gasteiger partial charge in [0.25, 0.3) is 0 Å². The van der Waals surface area contributed by atoms with E-state index in [9.17, 15) is 4.79 Å². The molecule has 1 aromatic rings. The fourth-order valence-corrected chi connectivity index (χ4v) is 2.10. The van der Waals surface area contributed by atoms with Gasteiger partial charge in [-0.2, -0.15) is 0 Å². The topological polar surface area (TPSA) is 64.1 Å². The van der Waals surface area contributed by atoms with Gasteiger partial charge in [-0.15, -0.1) is 0 Å². The number of ether oxygens (including phenoxy) is 1. The predicted molar refractivity (Wildman–Crippen MR) is 68.8 cm³/mol. The smallest absolute Gasteiger partial charge is 0.222 e. The van der Waals surface area contributed by atoms with Crippen molar-refractivity contribution in [2.24, 2.45) is 5.92 Å². The number of ketones is 1. The molecular formula is C13H19N3O2. The van der Waals surface area contributed by atoms with Crippen molar-refractivity contribution in [2.75, 3.05) is 25.1 Å². The van der Waals surface area contributed by atoms with Crippen LogP contribution < -0.4 is 5.32 Å². The van der Waals surface area contributed by atoms with Gasteiger partial charge in [-0.25, -0.2) is 9.97 Å². The Morgan fingerprint density at radius 2 is 2.44 bits per heavy atom. The average Bonchev–Trinajstić information content (AvgIpc) is 2.37. The molecule has 5 nitrogen and oxygen atoms in total. The highest BCUT2D eigenvalue weighted by Gasteiger charge is 2.14. The van der Waals surface area contributed by atoms with Crippen LogP contribution in [0.4, 0.5) is 5.95 Å². The zero-order valence-electron chi connectivity index (χ0n) is 10.9. The molecule has 18 heavy (non-hydrogen) atoms. The van der Waals surface area contributed by atoms with Crippen molar-refractivity contribution >= 4 is 11.7 Å². The second-order valence-corrected chi connectivity index (χ2v) is 4.71. The Hall–Kier alpha value is -1.49. The standard InChI is InChI=1S/C13H19N3O2/c1-9-12(10(2)17)7-15-13(16-9)14-6-11-4-3-5-18-8-11/h7,11H,3-6,8H2,1-2H3,(H,14,15,16). The number of aryl methyl sites for hydroxylation is 1. The van der Waals surface area contributed by atoms with Crippen LogP contribution in [0.1, 0.15) is 35.8 Å². The van der Waals surface area contributed by atoms with Crippen molar-refractivity contribution < 1.29 is 9.53 Å². The van der Waals surface area contributed by atoms with E-state index in [1.807, 2.05) is 6.92 Å². The molecule has 1 aliphatic rings. The molecule has 1 aliphatic heterocycles. The molecule has 1 unspecified atom stereocenters. The number of Topliss-reactive ketones (excluding diaryl/α,β-unsaturated/α-hetero) is 1. The van der Waals surface area contributed by atoms with Crippen molar-refractivity contribution in [3.8, 4) is 0 Å². The van der Waals surface area contributed by atoms with Gasteiger partial charge in [0.1, 0.15) is 0 Å². The van der Waals surface area contributed by atoms with Gasteiger partial charge in [0.05, 0.1) is 17.9 Å². The van der Waals surface area contributed by atoms with Gasteiger partial charge in [-0.1, -0.05) is 0 Å². The third-order valence-corrected chi connectivity index (χ3v) is 3.16. The van der Waals surface area contributed by atoms with E-state index in [1.165, 1.54) is 13.3 Å². The maximum atomic E-state index is 11.3. The summed E-state index contributed by atoms with van der Waals surface area (Å²) in [6.07, 6.45) is 3.89. The van der Waals surface area contributed by atoms with E-state index in [4.69, 9.17) is 4.74 Å². The monoisotopic (exact) mass is 249 g/mol. The molecule has 1 fully saturated rings. The van der Waals surface area contributed by atoms with Crippen LogP contribution in [-0.4, -0.2) is 35.5 Å². The van der Waals surface area contributed by atoms with Crippen LogP contribution in [0.5, 0.6) is 0 Å². The third-order valence-electron chi connectivity index (χ3n) is 3.16. The van der Waals surface area contributed by atoms with E-state index in [-0.39, 0.29) is 5.78 Å². The van der Waals surface area contributed by atoms with Crippen molar-refractivity contribution in [2.45, 2.75) is 26.7 Å². The summed E-state index contributed by atoms with van der Waals surface area (Å²) in [7, 11) is 0. The number of aromatic nitrogens is 2.